The van der Waals surface area contributed by atoms with Crippen molar-refractivity contribution >= 4 is 5.69 Å². The lowest BCUT2D eigenvalue weighted by atomic mass is 10.0. The van der Waals surface area contributed by atoms with Gasteiger partial charge in [-0.3, -0.25) is 0 Å². The zero-order valence-corrected chi connectivity index (χ0v) is 13.2. The summed E-state index contributed by atoms with van der Waals surface area (Å²) in [6.45, 7) is 8.44. The first-order valence-electron chi connectivity index (χ1n) is 7.87. The zero-order chi connectivity index (χ0) is 15.0. The third-order valence-corrected chi connectivity index (χ3v) is 3.49. The molecule has 0 aromatic heterocycles. The Bertz CT molecular complexity index is 383. The molecule has 0 spiro atoms. The Morgan fingerprint density at radius 3 is 2.25 bits per heavy atom. The maximum Gasteiger partial charge on any atom is 0.123 e. The van der Waals surface area contributed by atoms with Gasteiger partial charge in [-0.05, 0) is 49.9 Å². The van der Waals surface area contributed by atoms with E-state index in [0.717, 1.165) is 30.8 Å². The Hall–Kier alpha value is -1.09. The van der Waals surface area contributed by atoms with Crippen LogP contribution in [0.15, 0.2) is 18.2 Å². The predicted molar refractivity (Wildman–Crippen MR) is 85.8 cm³/mol. The summed E-state index contributed by atoms with van der Waals surface area (Å²) in [4.78, 5) is 2.39. The molecule has 0 radical (unpaired) electrons. The summed E-state index contributed by atoms with van der Waals surface area (Å²) in [5.74, 6) is -0.171. The van der Waals surface area contributed by atoms with Crippen molar-refractivity contribution < 1.29 is 4.39 Å². The summed E-state index contributed by atoms with van der Waals surface area (Å²) in [5.41, 5.74) is 8.10. The van der Waals surface area contributed by atoms with E-state index in [9.17, 15) is 4.39 Å². The molecule has 2 nitrogen and oxygen atoms in total. The van der Waals surface area contributed by atoms with Crippen LogP contribution in [0.1, 0.15) is 52.0 Å². The molecule has 0 saturated carbocycles. The van der Waals surface area contributed by atoms with Gasteiger partial charge in [-0.25, -0.2) is 4.39 Å². The number of benzene rings is 1. The van der Waals surface area contributed by atoms with Gasteiger partial charge in [0.1, 0.15) is 5.82 Å². The van der Waals surface area contributed by atoms with Crippen molar-refractivity contribution in [2.24, 2.45) is 5.73 Å². The van der Waals surface area contributed by atoms with Gasteiger partial charge in [0.05, 0.1) is 0 Å². The molecule has 1 atom stereocenters. The minimum absolute atomic E-state index is 0.0507. The van der Waals surface area contributed by atoms with E-state index in [1.165, 1.54) is 25.7 Å². The van der Waals surface area contributed by atoms with E-state index >= 15 is 0 Å². The lowest BCUT2D eigenvalue weighted by Gasteiger charge is -2.27. The van der Waals surface area contributed by atoms with Crippen LogP contribution in [0.25, 0.3) is 0 Å². The maximum absolute atomic E-state index is 13.5. The summed E-state index contributed by atoms with van der Waals surface area (Å²) >= 11 is 0. The Balaban J connectivity index is 2.96. The molecule has 1 rings (SSSR count). The highest BCUT2D eigenvalue weighted by atomic mass is 19.1. The summed E-state index contributed by atoms with van der Waals surface area (Å²) in [5, 5.41) is 0. The van der Waals surface area contributed by atoms with Crippen LogP contribution in [0.3, 0.4) is 0 Å². The monoisotopic (exact) mass is 280 g/mol. The van der Waals surface area contributed by atoms with Gasteiger partial charge >= 0.3 is 0 Å². The van der Waals surface area contributed by atoms with Gasteiger partial charge in [-0.15, -0.1) is 0 Å². The molecule has 2 N–H and O–H groups in total. The molecule has 1 unspecified atom stereocenters. The molecule has 0 saturated heterocycles. The largest absolute Gasteiger partial charge is 0.371 e. The van der Waals surface area contributed by atoms with Gasteiger partial charge in [0.25, 0.3) is 0 Å². The standard InChI is InChI=1S/C17H29FN2/c1-4-6-10-20(11-7-5-2)17-9-8-16(18)13-15(17)12-14(3)19/h8-9,13-14H,4-7,10-12,19H2,1-3H3. The van der Waals surface area contributed by atoms with Crippen LogP contribution < -0.4 is 10.6 Å². The van der Waals surface area contributed by atoms with E-state index in [2.05, 4.69) is 18.7 Å². The van der Waals surface area contributed by atoms with Gasteiger partial charge in [-0.1, -0.05) is 26.7 Å². The second-order valence-corrected chi connectivity index (χ2v) is 5.65. The Morgan fingerprint density at radius 2 is 1.75 bits per heavy atom. The minimum atomic E-state index is -0.171. The third kappa shape index (κ3) is 5.49. The van der Waals surface area contributed by atoms with E-state index in [1.807, 2.05) is 13.0 Å². The fourth-order valence-electron chi connectivity index (χ4n) is 2.42. The quantitative estimate of drug-likeness (QED) is 0.737. The number of hydrogen-bond acceptors (Lipinski definition) is 2. The van der Waals surface area contributed by atoms with Crippen LogP contribution in [-0.4, -0.2) is 19.1 Å². The van der Waals surface area contributed by atoms with Crippen LogP contribution in [0.4, 0.5) is 10.1 Å². The topological polar surface area (TPSA) is 29.3 Å². The first kappa shape index (κ1) is 17.0. The van der Waals surface area contributed by atoms with Crippen LogP contribution in [-0.2, 0) is 6.42 Å². The molecule has 20 heavy (non-hydrogen) atoms. The third-order valence-electron chi connectivity index (χ3n) is 3.49. The number of hydrogen-bond donors (Lipinski definition) is 1. The maximum atomic E-state index is 13.5. The number of rotatable bonds is 9. The molecule has 0 amide bonds. The molecule has 0 fully saturated rings. The smallest absolute Gasteiger partial charge is 0.123 e. The van der Waals surface area contributed by atoms with Gasteiger partial charge < -0.3 is 10.6 Å². The molecule has 1 aromatic rings. The highest BCUT2D eigenvalue weighted by Crippen LogP contribution is 2.24. The Labute approximate surface area is 123 Å². The lowest BCUT2D eigenvalue weighted by molar-refractivity contribution is 0.619. The number of halogens is 1. The second-order valence-electron chi connectivity index (χ2n) is 5.65. The van der Waals surface area contributed by atoms with E-state index in [4.69, 9.17) is 5.73 Å². The number of anilines is 1. The van der Waals surface area contributed by atoms with E-state index in [-0.39, 0.29) is 11.9 Å². The average molecular weight is 280 g/mol. The minimum Gasteiger partial charge on any atom is -0.371 e. The molecule has 1 aromatic carbocycles. The number of unbranched alkanes of at least 4 members (excludes halogenated alkanes) is 2. The zero-order valence-electron chi connectivity index (χ0n) is 13.2. The first-order valence-corrected chi connectivity index (χ1v) is 7.87. The molecule has 0 heterocycles. The summed E-state index contributed by atoms with van der Waals surface area (Å²) in [6, 6.07) is 5.17. The normalized spacial score (nSPS) is 12.4. The van der Waals surface area contributed by atoms with Crippen molar-refractivity contribution in [1.29, 1.82) is 0 Å². The van der Waals surface area contributed by atoms with Crippen molar-refractivity contribution in [3.63, 3.8) is 0 Å². The van der Waals surface area contributed by atoms with Gasteiger partial charge in [0.15, 0.2) is 0 Å². The van der Waals surface area contributed by atoms with Crippen LogP contribution >= 0.6 is 0 Å². The van der Waals surface area contributed by atoms with Gasteiger partial charge in [-0.2, -0.15) is 0 Å². The van der Waals surface area contributed by atoms with Crippen molar-refractivity contribution in [3.8, 4) is 0 Å². The SMILES string of the molecule is CCCCN(CCCC)c1ccc(F)cc1CC(C)N. The predicted octanol–water partition coefficient (Wildman–Crippen LogP) is 4.12. The molecule has 114 valence electrons. The number of nitrogens with two attached hydrogens (primary N) is 1. The van der Waals surface area contributed by atoms with E-state index in [0.29, 0.717) is 0 Å². The van der Waals surface area contributed by atoms with Crippen LogP contribution in [0, 0.1) is 5.82 Å². The Morgan fingerprint density at radius 1 is 1.15 bits per heavy atom. The molecular weight excluding hydrogens is 251 g/mol. The van der Waals surface area contributed by atoms with Gasteiger partial charge in [0, 0.05) is 24.8 Å². The highest BCUT2D eigenvalue weighted by molar-refractivity contribution is 5.54. The number of nitrogens with zero attached hydrogens (tertiary/aromatic N) is 1. The van der Waals surface area contributed by atoms with Crippen LogP contribution in [0.5, 0.6) is 0 Å². The second kappa shape index (κ2) is 8.96. The van der Waals surface area contributed by atoms with Gasteiger partial charge in [0.2, 0.25) is 0 Å². The van der Waals surface area contributed by atoms with E-state index < -0.39 is 0 Å². The van der Waals surface area contributed by atoms with Crippen molar-refractivity contribution in [2.45, 2.75) is 58.9 Å². The van der Waals surface area contributed by atoms with Crippen molar-refractivity contribution in [2.75, 3.05) is 18.0 Å². The average Bonchev–Trinajstić information content (AvgIpc) is 2.39. The van der Waals surface area contributed by atoms with Crippen LogP contribution in [0.2, 0.25) is 0 Å². The molecule has 0 bridgehead atoms. The molecular formula is C17H29FN2. The molecule has 3 heteroatoms. The van der Waals surface area contributed by atoms with E-state index in [1.54, 1.807) is 12.1 Å². The summed E-state index contributed by atoms with van der Waals surface area (Å²) in [6.07, 6.45) is 5.40. The lowest BCUT2D eigenvalue weighted by Crippen LogP contribution is -2.28. The fourth-order valence-corrected chi connectivity index (χ4v) is 2.42. The fraction of sp³-hybridized carbons (Fsp3) is 0.647. The molecule has 0 aliphatic rings. The van der Waals surface area contributed by atoms with Crippen molar-refractivity contribution in [1.82, 2.24) is 0 Å². The highest BCUT2D eigenvalue weighted by Gasteiger charge is 2.13. The molecule has 0 aliphatic carbocycles. The summed E-state index contributed by atoms with van der Waals surface area (Å²) in [7, 11) is 0. The summed E-state index contributed by atoms with van der Waals surface area (Å²) < 4.78 is 13.5. The Kier molecular flexibility index (Phi) is 7.60. The van der Waals surface area contributed by atoms with Crippen molar-refractivity contribution in [3.05, 3.63) is 29.6 Å². The first-order chi connectivity index (χ1) is 9.58. The molecule has 0 aliphatic heterocycles.